The highest BCUT2D eigenvalue weighted by atomic mass is 16.6. The van der Waals surface area contributed by atoms with Gasteiger partial charge in [-0.15, -0.1) is 10.2 Å². The maximum atomic E-state index is 13.1. The zero-order valence-electron chi connectivity index (χ0n) is 17.6. The van der Waals surface area contributed by atoms with Crippen molar-refractivity contribution in [1.82, 2.24) is 15.5 Å². The van der Waals surface area contributed by atoms with Gasteiger partial charge in [0.2, 0.25) is 12.3 Å². The van der Waals surface area contributed by atoms with Crippen molar-refractivity contribution < 1.29 is 28.2 Å². The Morgan fingerprint density at radius 2 is 1.93 bits per heavy atom. The monoisotopic (exact) mass is 415 g/mol. The molecule has 1 aliphatic heterocycles. The van der Waals surface area contributed by atoms with Gasteiger partial charge in [-0.05, 0) is 19.9 Å². The van der Waals surface area contributed by atoms with Gasteiger partial charge in [-0.25, -0.2) is 4.79 Å². The van der Waals surface area contributed by atoms with Gasteiger partial charge in [-0.1, -0.05) is 12.1 Å². The number of rotatable bonds is 8. The number of hydrogen-bond acceptors (Lipinski definition) is 9. The fourth-order valence-electron chi connectivity index (χ4n) is 3.58. The number of carbonyl (C=O) groups is 1. The number of dihydropyridines is 1. The van der Waals surface area contributed by atoms with E-state index < -0.39 is 11.9 Å². The van der Waals surface area contributed by atoms with Gasteiger partial charge in [0.1, 0.15) is 6.61 Å². The summed E-state index contributed by atoms with van der Waals surface area (Å²) >= 11 is 0. The first-order chi connectivity index (χ1) is 14.5. The van der Waals surface area contributed by atoms with E-state index >= 15 is 0 Å². The number of ether oxygens (including phenoxy) is 4. The third-order valence-corrected chi connectivity index (χ3v) is 4.84. The topological polar surface area (TPSA) is 105 Å². The zero-order valence-corrected chi connectivity index (χ0v) is 17.6. The molecule has 0 radical (unpaired) electrons. The molecule has 1 N–H and O–H groups in total. The first kappa shape index (κ1) is 21.4. The molecule has 0 saturated carbocycles. The smallest absolute Gasteiger partial charge is 0.336 e. The van der Waals surface area contributed by atoms with Crippen LogP contribution in [0.2, 0.25) is 0 Å². The van der Waals surface area contributed by atoms with E-state index in [1.165, 1.54) is 6.39 Å². The fourth-order valence-corrected chi connectivity index (χ4v) is 3.58. The molecule has 9 heteroatoms. The number of methoxy groups -OCH3 is 3. The second-order valence-electron chi connectivity index (χ2n) is 6.59. The Balaban J connectivity index is 2.19. The predicted molar refractivity (Wildman–Crippen MR) is 108 cm³/mol. The van der Waals surface area contributed by atoms with Crippen LogP contribution >= 0.6 is 0 Å². The molecule has 2 aromatic rings. The average Bonchev–Trinajstić information content (AvgIpc) is 3.26. The molecule has 2 heterocycles. The van der Waals surface area contributed by atoms with Crippen molar-refractivity contribution in [1.29, 1.82) is 0 Å². The van der Waals surface area contributed by atoms with Crippen molar-refractivity contribution in [2.24, 2.45) is 0 Å². The number of nitrogens with one attached hydrogen (secondary N) is 1. The van der Waals surface area contributed by atoms with Gasteiger partial charge in [-0.3, -0.25) is 0 Å². The number of para-hydroxylation sites is 1. The van der Waals surface area contributed by atoms with Crippen LogP contribution in [0.15, 0.2) is 46.0 Å². The number of nitrogens with zero attached hydrogens (tertiary/aromatic N) is 2. The highest BCUT2D eigenvalue weighted by Crippen LogP contribution is 2.48. The van der Waals surface area contributed by atoms with E-state index in [4.69, 9.17) is 23.4 Å². The van der Waals surface area contributed by atoms with E-state index in [9.17, 15) is 4.79 Å². The summed E-state index contributed by atoms with van der Waals surface area (Å²) in [5, 5.41) is 11.1. The van der Waals surface area contributed by atoms with Gasteiger partial charge < -0.3 is 28.7 Å². The Bertz CT molecular complexity index is 965. The molecule has 0 bridgehead atoms. The van der Waals surface area contributed by atoms with E-state index in [1.807, 2.05) is 26.0 Å². The molecule has 0 amide bonds. The molecule has 1 aromatic carbocycles. The normalized spacial score (nSPS) is 16.4. The summed E-state index contributed by atoms with van der Waals surface area (Å²) in [4.78, 5) is 13.1. The number of carbonyl (C=O) groups excluding carboxylic acids is 1. The highest BCUT2D eigenvalue weighted by Gasteiger charge is 2.38. The molecule has 1 unspecified atom stereocenters. The molecule has 0 aliphatic carbocycles. The van der Waals surface area contributed by atoms with Crippen LogP contribution in [-0.2, 0) is 14.3 Å². The molecule has 1 atom stereocenters. The lowest BCUT2D eigenvalue weighted by Crippen LogP contribution is -2.29. The van der Waals surface area contributed by atoms with Crippen LogP contribution in [0.3, 0.4) is 0 Å². The maximum Gasteiger partial charge on any atom is 0.336 e. The van der Waals surface area contributed by atoms with Crippen molar-refractivity contribution in [2.75, 3.05) is 34.5 Å². The minimum Gasteiger partial charge on any atom is -0.493 e. The molecule has 1 aliphatic rings. The van der Waals surface area contributed by atoms with Crippen LogP contribution in [-0.4, -0.2) is 50.7 Å². The van der Waals surface area contributed by atoms with Gasteiger partial charge in [0.05, 0.1) is 32.3 Å². The summed E-state index contributed by atoms with van der Waals surface area (Å²) in [6.07, 6.45) is 1.25. The fraction of sp³-hybridized carbons (Fsp3) is 0.381. The van der Waals surface area contributed by atoms with E-state index in [2.05, 4.69) is 15.5 Å². The summed E-state index contributed by atoms with van der Waals surface area (Å²) in [6, 6.07) is 5.50. The third kappa shape index (κ3) is 4.02. The molecule has 1 aromatic heterocycles. The van der Waals surface area contributed by atoms with Crippen LogP contribution in [0.25, 0.3) is 5.57 Å². The summed E-state index contributed by atoms with van der Waals surface area (Å²) in [7, 11) is 4.66. The minimum atomic E-state index is -0.577. The lowest BCUT2D eigenvalue weighted by molar-refractivity contribution is -0.140. The van der Waals surface area contributed by atoms with E-state index in [1.54, 1.807) is 27.4 Å². The van der Waals surface area contributed by atoms with Crippen molar-refractivity contribution in [3.63, 3.8) is 0 Å². The predicted octanol–water partition coefficient (Wildman–Crippen LogP) is 2.67. The molecule has 160 valence electrons. The lowest BCUT2D eigenvalue weighted by Gasteiger charge is -2.31. The Labute approximate surface area is 174 Å². The second kappa shape index (κ2) is 9.45. The third-order valence-electron chi connectivity index (χ3n) is 4.84. The first-order valence-corrected chi connectivity index (χ1v) is 9.35. The Kier molecular flexibility index (Phi) is 6.73. The quantitative estimate of drug-likeness (QED) is 0.514. The molecular weight excluding hydrogens is 390 g/mol. The van der Waals surface area contributed by atoms with Crippen molar-refractivity contribution in [2.45, 2.75) is 19.8 Å². The van der Waals surface area contributed by atoms with Gasteiger partial charge in [0.15, 0.2) is 11.5 Å². The average molecular weight is 415 g/mol. The molecule has 0 fully saturated rings. The van der Waals surface area contributed by atoms with Gasteiger partial charge in [0, 0.05) is 29.6 Å². The van der Waals surface area contributed by atoms with E-state index in [0.717, 1.165) is 5.70 Å². The summed E-state index contributed by atoms with van der Waals surface area (Å²) in [6.45, 7) is 4.13. The van der Waals surface area contributed by atoms with Crippen LogP contribution in [0, 0.1) is 0 Å². The lowest BCUT2D eigenvalue weighted by atomic mass is 9.79. The van der Waals surface area contributed by atoms with Crippen LogP contribution in [0.5, 0.6) is 11.5 Å². The Morgan fingerprint density at radius 3 is 2.57 bits per heavy atom. The van der Waals surface area contributed by atoms with Crippen LogP contribution in [0.4, 0.5) is 0 Å². The van der Waals surface area contributed by atoms with Gasteiger partial charge >= 0.3 is 5.97 Å². The van der Waals surface area contributed by atoms with Crippen molar-refractivity contribution in [3.8, 4) is 11.5 Å². The Hall–Kier alpha value is -3.33. The van der Waals surface area contributed by atoms with Crippen LogP contribution in [0.1, 0.15) is 31.2 Å². The molecule has 0 saturated heterocycles. The van der Waals surface area contributed by atoms with E-state index in [0.29, 0.717) is 46.4 Å². The molecular formula is C21H25N3O6. The summed E-state index contributed by atoms with van der Waals surface area (Å²) in [5.41, 5.74) is 3.22. The molecule has 3 rings (SSSR count). The molecule has 30 heavy (non-hydrogen) atoms. The largest absolute Gasteiger partial charge is 0.493 e. The molecule has 0 spiro atoms. The van der Waals surface area contributed by atoms with Gasteiger partial charge in [0.25, 0.3) is 0 Å². The number of allylic oxidation sites excluding steroid dienone is 3. The summed E-state index contributed by atoms with van der Waals surface area (Å²) < 4.78 is 27.1. The standard InChI is InChI=1S/C21H25N3O6/c1-12-16(20-24-22-11-30-20)18(14-7-6-8-15(27-4)19(14)28-5)17(13(2)23-12)21(25)29-10-9-26-3/h6-8,11,18,23H,9-10H2,1-5H3. The van der Waals surface area contributed by atoms with Gasteiger partial charge in [-0.2, -0.15) is 0 Å². The number of hydrogen-bond donors (Lipinski definition) is 1. The first-order valence-electron chi connectivity index (χ1n) is 9.35. The summed E-state index contributed by atoms with van der Waals surface area (Å²) in [5.74, 6) is 0.292. The zero-order chi connectivity index (χ0) is 21.7. The maximum absolute atomic E-state index is 13.1. The highest BCUT2D eigenvalue weighted by molar-refractivity contribution is 5.97. The van der Waals surface area contributed by atoms with Crippen molar-refractivity contribution in [3.05, 3.63) is 53.0 Å². The number of aromatic nitrogens is 2. The SMILES string of the molecule is COCCOC(=O)C1=C(C)NC(C)=C(c2nnco2)C1c1cccc(OC)c1OC. The second-order valence-corrected chi connectivity index (χ2v) is 6.59. The number of benzene rings is 1. The minimum absolute atomic E-state index is 0.132. The van der Waals surface area contributed by atoms with Crippen molar-refractivity contribution >= 4 is 11.5 Å². The number of esters is 1. The van der Waals surface area contributed by atoms with E-state index in [-0.39, 0.29) is 6.61 Å². The van der Waals surface area contributed by atoms with Crippen LogP contribution < -0.4 is 14.8 Å². The Morgan fingerprint density at radius 1 is 1.13 bits per heavy atom. The molecule has 9 nitrogen and oxygen atoms in total.